The monoisotopic (exact) mass is 407 g/mol. The van der Waals surface area contributed by atoms with Gasteiger partial charge in [-0.25, -0.2) is 0 Å². The van der Waals surface area contributed by atoms with E-state index in [4.69, 9.17) is 16.3 Å². The Morgan fingerprint density at radius 3 is 2.57 bits per heavy atom. The van der Waals surface area contributed by atoms with Crippen molar-refractivity contribution in [2.24, 2.45) is 0 Å². The highest BCUT2D eigenvalue weighted by Crippen LogP contribution is 2.34. The molecule has 0 heterocycles. The van der Waals surface area contributed by atoms with E-state index in [0.29, 0.717) is 0 Å². The van der Waals surface area contributed by atoms with E-state index in [1.54, 1.807) is 18.2 Å². The molecule has 0 bridgehead atoms. The third-order valence-corrected chi connectivity index (χ3v) is 3.55. The number of amides is 1. The van der Waals surface area contributed by atoms with Gasteiger partial charge in [0.05, 0.1) is 16.3 Å². The lowest BCUT2D eigenvalue weighted by Gasteiger charge is -2.14. The van der Waals surface area contributed by atoms with Crippen LogP contribution < -0.4 is 10.1 Å². The summed E-state index contributed by atoms with van der Waals surface area (Å²) in [6.07, 6.45) is -4.56. The molecule has 0 unspecified atom stereocenters. The summed E-state index contributed by atoms with van der Waals surface area (Å²) >= 11 is 9.14. The molecule has 1 amide bonds. The van der Waals surface area contributed by atoms with E-state index in [1.165, 1.54) is 18.2 Å². The standard InChI is InChI=1S/C15H10BrClF3NO2/c16-9-5-6-13(11(17)7-9)23-8-14(22)21-12-4-2-1-3-10(12)15(18,19)20/h1-7H,8H2,(H,21,22). The number of anilines is 1. The minimum atomic E-state index is -4.56. The Morgan fingerprint density at radius 1 is 1.22 bits per heavy atom. The maximum Gasteiger partial charge on any atom is 0.418 e. The molecular formula is C15H10BrClF3NO2. The van der Waals surface area contributed by atoms with E-state index >= 15 is 0 Å². The first-order chi connectivity index (χ1) is 10.8. The van der Waals surface area contributed by atoms with Gasteiger partial charge in [-0.05, 0) is 30.3 Å². The highest BCUT2D eigenvalue weighted by molar-refractivity contribution is 9.10. The summed E-state index contributed by atoms with van der Waals surface area (Å²) in [5.74, 6) is -0.463. The fraction of sp³-hybridized carbons (Fsp3) is 0.133. The number of halogens is 5. The fourth-order valence-corrected chi connectivity index (χ4v) is 2.49. The minimum Gasteiger partial charge on any atom is -0.482 e. The van der Waals surface area contributed by atoms with E-state index in [-0.39, 0.29) is 16.5 Å². The van der Waals surface area contributed by atoms with Gasteiger partial charge in [-0.2, -0.15) is 13.2 Å². The summed E-state index contributed by atoms with van der Waals surface area (Å²) in [4.78, 5) is 11.8. The number of hydrogen-bond acceptors (Lipinski definition) is 2. The van der Waals surface area contributed by atoms with Crippen LogP contribution in [0.15, 0.2) is 46.9 Å². The molecule has 23 heavy (non-hydrogen) atoms. The Labute approximate surface area is 143 Å². The van der Waals surface area contributed by atoms with E-state index < -0.39 is 24.3 Å². The molecular weight excluding hydrogens is 399 g/mol. The number of benzene rings is 2. The maximum absolute atomic E-state index is 12.8. The number of hydrogen-bond donors (Lipinski definition) is 1. The first-order valence-corrected chi connectivity index (χ1v) is 7.48. The van der Waals surface area contributed by atoms with Crippen LogP contribution in [0.25, 0.3) is 0 Å². The Bertz CT molecular complexity index is 722. The van der Waals surface area contributed by atoms with Crippen molar-refractivity contribution >= 4 is 39.1 Å². The second-order valence-corrected chi connectivity index (χ2v) is 5.78. The van der Waals surface area contributed by atoms with Crippen LogP contribution in [0.3, 0.4) is 0 Å². The Kier molecular flexibility index (Phi) is 5.54. The fourth-order valence-electron chi connectivity index (χ4n) is 1.76. The average molecular weight is 409 g/mol. The predicted octanol–water partition coefficient (Wildman–Crippen LogP) is 5.14. The van der Waals surface area contributed by atoms with Crippen molar-refractivity contribution < 1.29 is 22.7 Å². The molecule has 2 aromatic rings. The van der Waals surface area contributed by atoms with Crippen molar-refractivity contribution in [3.05, 3.63) is 57.5 Å². The number of rotatable bonds is 4. The predicted molar refractivity (Wildman–Crippen MR) is 84.7 cm³/mol. The number of nitrogens with one attached hydrogen (secondary N) is 1. The van der Waals surface area contributed by atoms with E-state index in [9.17, 15) is 18.0 Å². The summed E-state index contributed by atoms with van der Waals surface area (Å²) in [7, 11) is 0. The number of para-hydroxylation sites is 1. The van der Waals surface area contributed by atoms with E-state index in [2.05, 4.69) is 21.2 Å². The Balaban J connectivity index is 2.03. The highest BCUT2D eigenvalue weighted by Gasteiger charge is 2.33. The summed E-state index contributed by atoms with van der Waals surface area (Å²) in [5, 5.41) is 2.46. The van der Waals surface area contributed by atoms with Gasteiger partial charge >= 0.3 is 6.18 Å². The molecule has 0 aliphatic carbocycles. The molecule has 0 saturated heterocycles. The number of carbonyl (C=O) groups excluding carboxylic acids is 1. The number of alkyl halides is 3. The molecule has 122 valence electrons. The van der Waals surface area contributed by atoms with Crippen LogP contribution >= 0.6 is 27.5 Å². The SMILES string of the molecule is O=C(COc1ccc(Br)cc1Cl)Nc1ccccc1C(F)(F)F. The number of carbonyl (C=O) groups is 1. The average Bonchev–Trinajstić information content (AvgIpc) is 2.46. The molecule has 3 nitrogen and oxygen atoms in total. The van der Waals surface area contributed by atoms with Crippen LogP contribution in [0, 0.1) is 0 Å². The summed E-state index contributed by atoms with van der Waals surface area (Å²) in [6.45, 7) is -0.465. The zero-order valence-corrected chi connectivity index (χ0v) is 13.8. The molecule has 0 spiro atoms. The third kappa shape index (κ3) is 4.87. The van der Waals surface area contributed by atoms with Gasteiger partial charge < -0.3 is 10.1 Å². The first kappa shape index (κ1) is 17.6. The van der Waals surface area contributed by atoms with Gasteiger partial charge in [0.1, 0.15) is 5.75 Å². The normalized spacial score (nSPS) is 11.2. The smallest absolute Gasteiger partial charge is 0.418 e. The number of ether oxygens (including phenoxy) is 1. The zero-order chi connectivity index (χ0) is 17.0. The quantitative estimate of drug-likeness (QED) is 0.761. The Morgan fingerprint density at radius 2 is 1.91 bits per heavy atom. The summed E-state index contributed by atoms with van der Waals surface area (Å²) in [6, 6.07) is 9.50. The minimum absolute atomic E-state index is 0.258. The molecule has 2 rings (SSSR count). The summed E-state index contributed by atoms with van der Waals surface area (Å²) < 4.78 is 44.4. The second kappa shape index (κ2) is 7.23. The molecule has 0 aromatic heterocycles. The molecule has 0 atom stereocenters. The van der Waals surface area contributed by atoms with Crippen molar-refractivity contribution in [1.82, 2.24) is 0 Å². The van der Waals surface area contributed by atoms with Crippen molar-refractivity contribution in [3.63, 3.8) is 0 Å². The zero-order valence-electron chi connectivity index (χ0n) is 11.5. The molecule has 1 N–H and O–H groups in total. The van der Waals surface area contributed by atoms with Crippen LogP contribution in [-0.4, -0.2) is 12.5 Å². The van der Waals surface area contributed by atoms with Crippen LogP contribution in [0.4, 0.5) is 18.9 Å². The lowest BCUT2D eigenvalue weighted by atomic mass is 10.1. The lowest BCUT2D eigenvalue weighted by Crippen LogP contribution is -2.22. The Hall–Kier alpha value is -1.73. The first-order valence-electron chi connectivity index (χ1n) is 6.31. The van der Waals surface area contributed by atoms with Gasteiger partial charge in [0.2, 0.25) is 0 Å². The van der Waals surface area contributed by atoms with Gasteiger partial charge in [0.15, 0.2) is 6.61 Å². The third-order valence-electron chi connectivity index (χ3n) is 2.76. The molecule has 0 saturated carbocycles. The molecule has 0 aliphatic heterocycles. The van der Waals surface area contributed by atoms with E-state index in [0.717, 1.165) is 10.5 Å². The van der Waals surface area contributed by atoms with Crippen molar-refractivity contribution in [3.8, 4) is 5.75 Å². The van der Waals surface area contributed by atoms with Crippen LogP contribution in [0.1, 0.15) is 5.56 Å². The van der Waals surface area contributed by atoms with Crippen molar-refractivity contribution in [2.75, 3.05) is 11.9 Å². The van der Waals surface area contributed by atoms with Gasteiger partial charge in [-0.3, -0.25) is 4.79 Å². The molecule has 0 aliphatic rings. The topological polar surface area (TPSA) is 38.3 Å². The molecule has 2 aromatic carbocycles. The molecule has 8 heteroatoms. The van der Waals surface area contributed by atoms with Gasteiger partial charge in [0.25, 0.3) is 5.91 Å². The highest BCUT2D eigenvalue weighted by atomic mass is 79.9. The maximum atomic E-state index is 12.8. The van der Waals surface area contributed by atoms with Crippen molar-refractivity contribution in [1.29, 1.82) is 0 Å². The van der Waals surface area contributed by atoms with Crippen LogP contribution in [0.5, 0.6) is 5.75 Å². The van der Waals surface area contributed by atoms with Crippen LogP contribution in [0.2, 0.25) is 5.02 Å². The summed E-state index contributed by atoms with van der Waals surface area (Å²) in [5.41, 5.74) is -1.24. The van der Waals surface area contributed by atoms with Gasteiger partial charge in [-0.15, -0.1) is 0 Å². The van der Waals surface area contributed by atoms with Crippen molar-refractivity contribution in [2.45, 2.75) is 6.18 Å². The van der Waals surface area contributed by atoms with Crippen LogP contribution in [-0.2, 0) is 11.0 Å². The van der Waals surface area contributed by atoms with Gasteiger partial charge in [0, 0.05) is 4.47 Å². The lowest BCUT2D eigenvalue weighted by molar-refractivity contribution is -0.137. The molecule has 0 fully saturated rings. The molecule has 0 radical (unpaired) electrons. The van der Waals surface area contributed by atoms with E-state index in [1.807, 2.05) is 0 Å². The van der Waals surface area contributed by atoms with Gasteiger partial charge in [-0.1, -0.05) is 39.7 Å². The second-order valence-electron chi connectivity index (χ2n) is 4.45. The largest absolute Gasteiger partial charge is 0.482 e.